The van der Waals surface area contributed by atoms with Gasteiger partial charge in [0.05, 0.1) is 10.9 Å². The number of hydrogen-bond acceptors (Lipinski definition) is 5. The Morgan fingerprint density at radius 2 is 1.93 bits per heavy atom. The number of anilines is 1. The third kappa shape index (κ3) is 5.25. The number of ether oxygens (including phenoxy) is 1. The van der Waals surface area contributed by atoms with E-state index >= 15 is 0 Å². The van der Waals surface area contributed by atoms with Crippen molar-refractivity contribution in [3.05, 3.63) is 30.0 Å². The fourth-order valence-corrected chi connectivity index (χ4v) is 3.46. The van der Waals surface area contributed by atoms with Crippen LogP contribution in [0.5, 0.6) is 0 Å². The van der Waals surface area contributed by atoms with Gasteiger partial charge in [0.15, 0.2) is 0 Å². The molecule has 6 heteroatoms. The number of aryl methyl sites for hydroxylation is 1. The lowest BCUT2D eigenvalue weighted by molar-refractivity contribution is 0.0797. The number of rotatable bonds is 9. The second-order valence-electron chi connectivity index (χ2n) is 8.80. The van der Waals surface area contributed by atoms with E-state index in [1.54, 1.807) is 4.68 Å². The molecule has 29 heavy (non-hydrogen) atoms. The Kier molecular flexibility index (Phi) is 6.75. The van der Waals surface area contributed by atoms with Crippen molar-refractivity contribution in [1.29, 1.82) is 0 Å². The summed E-state index contributed by atoms with van der Waals surface area (Å²) in [4.78, 5) is 6.99. The Hall–Kier alpha value is -2.18. The van der Waals surface area contributed by atoms with E-state index < -0.39 is 0 Å². The standard InChI is InChI=1S/C23H35N5O/c1-6-29-16-28-15-19-21(26-28)18-14-17(11-12-20(18)25-22(19)24)10-8-7-9-13-27(5)23(2,3)4/h11-12,14-15H,6-10,13,16H2,1-5H3,(H2,24,25). The van der Waals surface area contributed by atoms with Crippen molar-refractivity contribution >= 4 is 27.6 Å². The highest BCUT2D eigenvalue weighted by Gasteiger charge is 2.16. The Bertz CT molecular complexity index is 957. The Morgan fingerprint density at radius 1 is 1.14 bits per heavy atom. The van der Waals surface area contributed by atoms with Crippen LogP contribution < -0.4 is 5.73 Å². The summed E-state index contributed by atoms with van der Waals surface area (Å²) in [5.41, 5.74) is 9.53. The molecule has 1 aromatic carbocycles. The summed E-state index contributed by atoms with van der Waals surface area (Å²) in [5.74, 6) is 0.519. The molecule has 0 bridgehead atoms. The highest BCUT2D eigenvalue weighted by atomic mass is 16.5. The van der Waals surface area contributed by atoms with Gasteiger partial charge < -0.3 is 15.4 Å². The van der Waals surface area contributed by atoms with Crippen molar-refractivity contribution in [2.75, 3.05) is 25.9 Å². The summed E-state index contributed by atoms with van der Waals surface area (Å²) in [6.45, 7) is 11.0. The van der Waals surface area contributed by atoms with Gasteiger partial charge in [-0.15, -0.1) is 0 Å². The zero-order valence-corrected chi connectivity index (χ0v) is 18.5. The van der Waals surface area contributed by atoms with Crippen LogP contribution in [0.1, 0.15) is 52.5 Å². The number of nitrogen functional groups attached to an aromatic ring is 1. The minimum Gasteiger partial charge on any atom is -0.383 e. The third-order valence-electron chi connectivity index (χ3n) is 5.63. The van der Waals surface area contributed by atoms with Gasteiger partial charge in [-0.05, 0) is 78.2 Å². The zero-order chi connectivity index (χ0) is 21.0. The highest BCUT2D eigenvalue weighted by molar-refractivity contribution is 6.07. The van der Waals surface area contributed by atoms with E-state index in [9.17, 15) is 0 Å². The molecule has 0 fully saturated rings. The summed E-state index contributed by atoms with van der Waals surface area (Å²) in [7, 11) is 2.21. The molecule has 0 spiro atoms. The van der Waals surface area contributed by atoms with Crippen LogP contribution in [-0.2, 0) is 17.9 Å². The molecular weight excluding hydrogens is 362 g/mol. The van der Waals surface area contributed by atoms with Gasteiger partial charge in [0.25, 0.3) is 0 Å². The number of nitrogens with two attached hydrogens (primary N) is 1. The van der Waals surface area contributed by atoms with Gasteiger partial charge in [-0.1, -0.05) is 12.5 Å². The molecule has 3 aromatic rings. The van der Waals surface area contributed by atoms with Crippen LogP contribution in [0.3, 0.4) is 0 Å². The van der Waals surface area contributed by atoms with Crippen LogP contribution >= 0.6 is 0 Å². The van der Waals surface area contributed by atoms with Crippen molar-refractivity contribution in [1.82, 2.24) is 19.7 Å². The Labute approximate surface area is 174 Å². The summed E-state index contributed by atoms with van der Waals surface area (Å²) < 4.78 is 7.27. The average molecular weight is 398 g/mol. The van der Waals surface area contributed by atoms with Crippen molar-refractivity contribution in [3.8, 4) is 0 Å². The van der Waals surface area contributed by atoms with Crippen molar-refractivity contribution in [2.45, 2.75) is 65.6 Å². The molecular formula is C23H35N5O. The monoisotopic (exact) mass is 397 g/mol. The molecule has 0 saturated heterocycles. The maximum Gasteiger partial charge on any atom is 0.139 e. The number of hydrogen-bond donors (Lipinski definition) is 1. The maximum absolute atomic E-state index is 6.16. The van der Waals surface area contributed by atoms with E-state index in [0.29, 0.717) is 19.2 Å². The van der Waals surface area contributed by atoms with Crippen LogP contribution in [0, 0.1) is 0 Å². The fourth-order valence-electron chi connectivity index (χ4n) is 3.46. The fraction of sp³-hybridized carbons (Fsp3) is 0.565. The van der Waals surface area contributed by atoms with Crippen LogP contribution in [0.25, 0.3) is 21.8 Å². The summed E-state index contributed by atoms with van der Waals surface area (Å²) >= 11 is 0. The Morgan fingerprint density at radius 3 is 2.66 bits per heavy atom. The molecule has 6 nitrogen and oxygen atoms in total. The van der Waals surface area contributed by atoms with Gasteiger partial charge in [0.2, 0.25) is 0 Å². The van der Waals surface area contributed by atoms with Crippen molar-refractivity contribution in [2.24, 2.45) is 0 Å². The van der Waals surface area contributed by atoms with E-state index in [0.717, 1.165) is 34.8 Å². The first-order valence-corrected chi connectivity index (χ1v) is 10.6. The minimum atomic E-state index is 0.240. The first-order valence-electron chi connectivity index (χ1n) is 10.6. The van der Waals surface area contributed by atoms with E-state index in [4.69, 9.17) is 15.6 Å². The molecule has 158 valence electrons. The number of aromatic nitrogens is 3. The predicted octanol–water partition coefficient (Wildman–Crippen LogP) is 4.60. The molecule has 3 rings (SSSR count). The largest absolute Gasteiger partial charge is 0.383 e. The van der Waals surface area contributed by atoms with Crippen LogP contribution in [0.4, 0.5) is 5.82 Å². The number of benzene rings is 1. The molecule has 0 aliphatic heterocycles. The van der Waals surface area contributed by atoms with Gasteiger partial charge in [0, 0.05) is 23.7 Å². The molecule has 0 saturated carbocycles. The zero-order valence-electron chi connectivity index (χ0n) is 18.5. The second-order valence-corrected chi connectivity index (χ2v) is 8.80. The average Bonchev–Trinajstić information content (AvgIpc) is 3.11. The molecule has 0 aliphatic carbocycles. The lowest BCUT2D eigenvalue weighted by atomic mass is 10.0. The second kappa shape index (κ2) is 9.09. The van der Waals surface area contributed by atoms with Gasteiger partial charge >= 0.3 is 0 Å². The quantitative estimate of drug-likeness (QED) is 0.534. The maximum atomic E-state index is 6.16. The molecule has 2 heterocycles. The smallest absolute Gasteiger partial charge is 0.139 e. The highest BCUT2D eigenvalue weighted by Crippen LogP contribution is 2.28. The van der Waals surface area contributed by atoms with E-state index in [2.05, 4.69) is 55.9 Å². The number of nitrogens with zero attached hydrogens (tertiary/aromatic N) is 4. The normalized spacial score (nSPS) is 12.5. The van der Waals surface area contributed by atoms with Gasteiger partial charge in [0.1, 0.15) is 18.1 Å². The van der Waals surface area contributed by atoms with Crippen molar-refractivity contribution < 1.29 is 4.74 Å². The molecule has 2 N–H and O–H groups in total. The molecule has 2 aromatic heterocycles. The van der Waals surface area contributed by atoms with Gasteiger partial charge in [-0.3, -0.25) is 0 Å². The summed E-state index contributed by atoms with van der Waals surface area (Å²) in [5, 5.41) is 6.65. The van der Waals surface area contributed by atoms with E-state index in [-0.39, 0.29) is 5.54 Å². The van der Waals surface area contributed by atoms with Gasteiger partial charge in [-0.2, -0.15) is 5.10 Å². The summed E-state index contributed by atoms with van der Waals surface area (Å²) in [6, 6.07) is 6.46. The molecule has 0 amide bonds. The van der Waals surface area contributed by atoms with Crippen LogP contribution in [0.15, 0.2) is 24.4 Å². The van der Waals surface area contributed by atoms with Crippen molar-refractivity contribution in [3.63, 3.8) is 0 Å². The molecule has 0 unspecified atom stereocenters. The molecule has 0 radical (unpaired) electrons. The van der Waals surface area contributed by atoms with Crippen LogP contribution in [0.2, 0.25) is 0 Å². The van der Waals surface area contributed by atoms with E-state index in [1.807, 2.05) is 13.1 Å². The molecule has 0 atom stereocenters. The predicted molar refractivity (Wildman–Crippen MR) is 121 cm³/mol. The minimum absolute atomic E-state index is 0.240. The Balaban J connectivity index is 1.69. The number of pyridine rings is 1. The third-order valence-corrected chi connectivity index (χ3v) is 5.63. The molecule has 0 aliphatic rings. The number of unbranched alkanes of at least 4 members (excludes halogenated alkanes) is 2. The first-order chi connectivity index (χ1) is 13.8. The lowest BCUT2D eigenvalue weighted by Crippen LogP contribution is -2.38. The topological polar surface area (TPSA) is 69.2 Å². The van der Waals surface area contributed by atoms with E-state index in [1.165, 1.54) is 24.8 Å². The van der Waals surface area contributed by atoms with Crippen LogP contribution in [-0.4, -0.2) is 45.4 Å². The first kappa shape index (κ1) is 21.5. The number of fused-ring (bicyclic) bond motifs is 3. The van der Waals surface area contributed by atoms with Gasteiger partial charge in [-0.25, -0.2) is 9.67 Å². The SMILES string of the molecule is CCOCn1cc2c(N)nc3ccc(CCCCCN(C)C(C)(C)C)cc3c2n1. The summed E-state index contributed by atoms with van der Waals surface area (Å²) in [6.07, 6.45) is 6.64. The lowest BCUT2D eigenvalue weighted by Gasteiger charge is -2.31.